The Kier molecular flexibility index (Phi) is 7.68. The Labute approximate surface area is 179 Å². The van der Waals surface area contributed by atoms with Crippen molar-refractivity contribution < 1.29 is 9.90 Å². The number of carbonyl (C=O) groups excluding carboxylic acids is 1. The minimum absolute atomic E-state index is 0.312. The van der Waals surface area contributed by atoms with Gasteiger partial charge in [-0.3, -0.25) is 0 Å². The maximum absolute atomic E-state index is 12.0. The molecule has 166 valence electrons. The van der Waals surface area contributed by atoms with E-state index in [2.05, 4.69) is 39.8 Å². The molecule has 3 aliphatic carbocycles. The Morgan fingerprint density at radius 1 is 1.10 bits per heavy atom. The Bertz CT molecular complexity index is 567. The van der Waals surface area contributed by atoms with E-state index in [9.17, 15) is 9.90 Å². The van der Waals surface area contributed by atoms with Crippen LogP contribution in [-0.2, 0) is 4.79 Å². The van der Waals surface area contributed by atoms with Gasteiger partial charge < -0.3 is 9.90 Å². The van der Waals surface area contributed by atoms with Gasteiger partial charge in [-0.25, -0.2) is 0 Å². The van der Waals surface area contributed by atoms with Crippen LogP contribution < -0.4 is 0 Å². The van der Waals surface area contributed by atoms with E-state index in [0.29, 0.717) is 29.6 Å². The van der Waals surface area contributed by atoms with Gasteiger partial charge in [0, 0.05) is 6.42 Å². The summed E-state index contributed by atoms with van der Waals surface area (Å²) in [6.45, 7) is 9.68. The molecule has 0 aromatic carbocycles. The summed E-state index contributed by atoms with van der Waals surface area (Å²) in [5.41, 5.74) is -0.196. The predicted molar refractivity (Wildman–Crippen MR) is 122 cm³/mol. The molecule has 0 aromatic heterocycles. The van der Waals surface area contributed by atoms with Crippen LogP contribution in [0.3, 0.4) is 0 Å². The van der Waals surface area contributed by atoms with E-state index < -0.39 is 5.60 Å². The highest BCUT2D eigenvalue weighted by Gasteiger charge is 2.60. The van der Waals surface area contributed by atoms with Crippen LogP contribution in [-0.4, -0.2) is 17.0 Å². The minimum atomic E-state index is -0.508. The van der Waals surface area contributed by atoms with Gasteiger partial charge in [0.2, 0.25) is 0 Å². The van der Waals surface area contributed by atoms with Crippen LogP contribution in [0.2, 0.25) is 0 Å². The standard InChI is InChI=1S/C27H46O2/c1-20(2)8-5-9-21(3)24-14-15-25-26(24,4)18-16-23-13-12-22(11-7-19-28)10-6-17-27(23,25)29/h6,10,19-25,29H,5,7-9,11-18H2,1-4H3/b10-6-/t21-,22+,23-,24-,25-,26-,27+/m1/s1. The molecule has 1 N–H and O–H groups in total. The summed E-state index contributed by atoms with van der Waals surface area (Å²) in [6.07, 6.45) is 19.4. The molecular formula is C27H46O2. The molecule has 2 saturated carbocycles. The van der Waals surface area contributed by atoms with E-state index in [1.54, 1.807) is 0 Å². The lowest BCUT2D eigenvalue weighted by Gasteiger charge is -2.55. The van der Waals surface area contributed by atoms with Gasteiger partial charge in [-0.05, 0) is 92.3 Å². The topological polar surface area (TPSA) is 37.3 Å². The van der Waals surface area contributed by atoms with Gasteiger partial charge in [-0.2, -0.15) is 0 Å². The molecule has 0 radical (unpaired) electrons. The van der Waals surface area contributed by atoms with E-state index in [1.165, 1.54) is 44.9 Å². The van der Waals surface area contributed by atoms with Gasteiger partial charge in [0.25, 0.3) is 0 Å². The summed E-state index contributed by atoms with van der Waals surface area (Å²) in [4.78, 5) is 10.8. The molecule has 0 saturated heterocycles. The number of rotatable bonds is 8. The van der Waals surface area contributed by atoms with E-state index in [1.807, 2.05) is 0 Å². The van der Waals surface area contributed by atoms with Gasteiger partial charge >= 0.3 is 0 Å². The third-order valence-corrected chi connectivity index (χ3v) is 9.27. The van der Waals surface area contributed by atoms with Crippen molar-refractivity contribution in [3.63, 3.8) is 0 Å². The number of hydrogen-bond donors (Lipinski definition) is 1. The quantitative estimate of drug-likeness (QED) is 0.352. The smallest absolute Gasteiger partial charge is 0.120 e. The second-order valence-electron chi connectivity index (χ2n) is 11.5. The number of allylic oxidation sites excluding steroid dienone is 1. The molecule has 0 unspecified atom stereocenters. The van der Waals surface area contributed by atoms with Crippen molar-refractivity contribution >= 4 is 6.29 Å². The lowest BCUT2D eigenvalue weighted by Crippen LogP contribution is -2.55. The van der Waals surface area contributed by atoms with Crippen molar-refractivity contribution in [1.82, 2.24) is 0 Å². The average molecular weight is 403 g/mol. The number of hydrogen-bond acceptors (Lipinski definition) is 2. The summed E-state index contributed by atoms with van der Waals surface area (Å²) in [7, 11) is 0. The van der Waals surface area contributed by atoms with Crippen molar-refractivity contribution in [2.45, 2.75) is 110 Å². The molecule has 2 heteroatoms. The van der Waals surface area contributed by atoms with E-state index in [0.717, 1.165) is 49.7 Å². The Morgan fingerprint density at radius 2 is 1.90 bits per heavy atom. The summed E-state index contributed by atoms with van der Waals surface area (Å²) in [5, 5.41) is 12.0. The highest BCUT2D eigenvalue weighted by atomic mass is 16.3. The molecule has 2 fully saturated rings. The molecule has 0 aliphatic heterocycles. The van der Waals surface area contributed by atoms with Gasteiger partial charge in [-0.15, -0.1) is 0 Å². The van der Waals surface area contributed by atoms with Gasteiger partial charge in [0.1, 0.15) is 6.29 Å². The van der Waals surface area contributed by atoms with Crippen LogP contribution >= 0.6 is 0 Å². The van der Waals surface area contributed by atoms with E-state index in [4.69, 9.17) is 0 Å². The molecule has 2 nitrogen and oxygen atoms in total. The van der Waals surface area contributed by atoms with Crippen molar-refractivity contribution in [3.8, 4) is 0 Å². The van der Waals surface area contributed by atoms with E-state index >= 15 is 0 Å². The van der Waals surface area contributed by atoms with Crippen LogP contribution in [0.5, 0.6) is 0 Å². The van der Waals surface area contributed by atoms with Crippen LogP contribution in [0.1, 0.15) is 105 Å². The fourth-order valence-corrected chi connectivity index (χ4v) is 7.63. The highest BCUT2D eigenvalue weighted by molar-refractivity contribution is 5.49. The Morgan fingerprint density at radius 3 is 2.62 bits per heavy atom. The largest absolute Gasteiger partial charge is 0.389 e. The molecular weight excluding hydrogens is 356 g/mol. The number of carbonyl (C=O) groups is 1. The number of aliphatic hydroxyl groups is 1. The highest BCUT2D eigenvalue weighted by Crippen LogP contribution is 2.64. The summed E-state index contributed by atoms with van der Waals surface area (Å²) in [6, 6.07) is 0. The summed E-state index contributed by atoms with van der Waals surface area (Å²) in [5.74, 6) is 3.79. The lowest BCUT2D eigenvalue weighted by atomic mass is 9.52. The van der Waals surface area contributed by atoms with Gasteiger partial charge in [0.15, 0.2) is 0 Å². The fraction of sp³-hybridized carbons (Fsp3) is 0.889. The first-order valence-electron chi connectivity index (χ1n) is 12.6. The SMILES string of the molecule is CC(C)CCC[C@@H](C)[C@H]1CC[C@@H]2[C@]1(C)CC[C@H]1CC[C@H](CCC=O)/C=C\C[C@]12O. The van der Waals surface area contributed by atoms with Crippen molar-refractivity contribution in [2.75, 3.05) is 0 Å². The van der Waals surface area contributed by atoms with Crippen LogP contribution in [0.25, 0.3) is 0 Å². The van der Waals surface area contributed by atoms with E-state index in [-0.39, 0.29) is 0 Å². The summed E-state index contributed by atoms with van der Waals surface area (Å²) < 4.78 is 0. The molecule has 0 amide bonds. The molecule has 7 atom stereocenters. The molecule has 29 heavy (non-hydrogen) atoms. The molecule has 0 heterocycles. The second kappa shape index (κ2) is 9.67. The first-order chi connectivity index (χ1) is 13.8. The predicted octanol–water partition coefficient (Wildman–Crippen LogP) is 6.96. The first kappa shape index (κ1) is 23.0. The number of fused-ring (bicyclic) bond motifs is 3. The maximum atomic E-state index is 12.0. The van der Waals surface area contributed by atoms with Crippen LogP contribution in [0.15, 0.2) is 12.2 Å². The molecule has 3 aliphatic rings. The van der Waals surface area contributed by atoms with Crippen LogP contribution in [0, 0.1) is 40.9 Å². The average Bonchev–Trinajstić information content (AvgIpc) is 3.01. The number of aldehydes is 1. The molecule has 0 spiro atoms. The second-order valence-corrected chi connectivity index (χ2v) is 11.5. The molecule has 0 bridgehead atoms. The van der Waals surface area contributed by atoms with Crippen molar-refractivity contribution in [2.24, 2.45) is 40.9 Å². The molecule has 3 rings (SSSR count). The third-order valence-electron chi connectivity index (χ3n) is 9.27. The lowest BCUT2D eigenvalue weighted by molar-refractivity contribution is -0.149. The minimum Gasteiger partial charge on any atom is -0.389 e. The maximum Gasteiger partial charge on any atom is 0.120 e. The monoisotopic (exact) mass is 402 g/mol. The first-order valence-corrected chi connectivity index (χ1v) is 12.6. The fourth-order valence-electron chi connectivity index (χ4n) is 7.63. The zero-order chi connectivity index (χ0) is 21.1. The van der Waals surface area contributed by atoms with Crippen molar-refractivity contribution in [3.05, 3.63) is 12.2 Å². The summed E-state index contributed by atoms with van der Waals surface area (Å²) >= 11 is 0. The third kappa shape index (κ3) is 4.83. The normalized spacial score (nSPS) is 41.9. The Balaban J connectivity index is 1.70. The Hall–Kier alpha value is -0.630. The molecule has 0 aromatic rings. The van der Waals surface area contributed by atoms with Gasteiger partial charge in [0.05, 0.1) is 5.60 Å². The zero-order valence-corrected chi connectivity index (χ0v) is 19.5. The van der Waals surface area contributed by atoms with Crippen molar-refractivity contribution in [1.29, 1.82) is 0 Å². The van der Waals surface area contributed by atoms with Crippen LogP contribution in [0.4, 0.5) is 0 Å². The zero-order valence-electron chi connectivity index (χ0n) is 19.5. The van der Waals surface area contributed by atoms with Gasteiger partial charge in [-0.1, -0.05) is 59.1 Å².